The van der Waals surface area contributed by atoms with Crippen LogP contribution in [0.1, 0.15) is 12.8 Å². The summed E-state index contributed by atoms with van der Waals surface area (Å²) in [7, 11) is 0. The number of aromatic nitrogens is 2. The first-order valence-corrected chi connectivity index (χ1v) is 5.10. The number of rotatable bonds is 3. The van der Waals surface area contributed by atoms with Crippen LogP contribution in [0.15, 0.2) is 18.5 Å². The average Bonchev–Trinajstić information content (AvgIpc) is 2.29. The Kier molecular flexibility index (Phi) is 3.13. The van der Waals surface area contributed by atoms with Crippen molar-refractivity contribution < 1.29 is 9.84 Å². The average molecular weight is 209 g/mol. The van der Waals surface area contributed by atoms with Crippen LogP contribution < -0.4 is 5.32 Å². The Balaban J connectivity index is 1.87. The molecule has 15 heavy (non-hydrogen) atoms. The monoisotopic (exact) mass is 209 g/mol. The molecule has 1 aromatic heterocycles. The van der Waals surface area contributed by atoms with Gasteiger partial charge in [0, 0.05) is 45.0 Å². The van der Waals surface area contributed by atoms with E-state index >= 15 is 0 Å². The van der Waals surface area contributed by atoms with Gasteiger partial charge in [-0.15, -0.1) is 0 Å². The first-order chi connectivity index (χ1) is 7.29. The Labute approximate surface area is 88.5 Å². The summed E-state index contributed by atoms with van der Waals surface area (Å²) >= 11 is 0. The molecular weight excluding hydrogens is 194 g/mol. The van der Waals surface area contributed by atoms with Gasteiger partial charge in [-0.05, 0) is 6.07 Å². The number of nitrogens with one attached hydrogen (secondary N) is 1. The summed E-state index contributed by atoms with van der Waals surface area (Å²) in [6.45, 7) is 1.71. The van der Waals surface area contributed by atoms with E-state index in [9.17, 15) is 5.11 Å². The Hall–Kier alpha value is -1.20. The van der Waals surface area contributed by atoms with Crippen LogP contribution in [0.2, 0.25) is 0 Å². The molecule has 2 heterocycles. The fourth-order valence-corrected chi connectivity index (χ4v) is 1.56. The van der Waals surface area contributed by atoms with E-state index in [0.717, 1.165) is 0 Å². The molecule has 0 atom stereocenters. The largest absolute Gasteiger partial charge is 0.388 e. The van der Waals surface area contributed by atoms with Crippen LogP contribution >= 0.6 is 0 Å². The number of aliphatic hydroxyl groups is 1. The van der Waals surface area contributed by atoms with Crippen molar-refractivity contribution in [1.29, 1.82) is 0 Å². The molecular formula is C10H15N3O2. The molecule has 0 spiro atoms. The van der Waals surface area contributed by atoms with Gasteiger partial charge >= 0.3 is 0 Å². The molecule has 2 N–H and O–H groups in total. The Morgan fingerprint density at radius 3 is 2.67 bits per heavy atom. The highest BCUT2D eigenvalue weighted by atomic mass is 16.5. The lowest BCUT2D eigenvalue weighted by molar-refractivity contribution is -0.0544. The van der Waals surface area contributed by atoms with Crippen LogP contribution in [0.3, 0.4) is 0 Å². The van der Waals surface area contributed by atoms with Gasteiger partial charge in [0.15, 0.2) is 0 Å². The summed E-state index contributed by atoms with van der Waals surface area (Å²) in [6.07, 6.45) is 4.66. The Morgan fingerprint density at radius 2 is 2.00 bits per heavy atom. The van der Waals surface area contributed by atoms with Crippen molar-refractivity contribution in [3.8, 4) is 0 Å². The summed E-state index contributed by atoms with van der Waals surface area (Å²) < 4.78 is 5.20. The normalized spacial score (nSPS) is 19.8. The summed E-state index contributed by atoms with van der Waals surface area (Å²) in [5.74, 6) is 0.553. The lowest BCUT2D eigenvalue weighted by Crippen LogP contribution is -2.42. The van der Waals surface area contributed by atoms with Crippen LogP contribution in [-0.2, 0) is 4.74 Å². The van der Waals surface area contributed by atoms with Crippen LogP contribution in [0.5, 0.6) is 0 Å². The standard InChI is InChI=1S/C10H15N3O2/c14-10(2-6-15-7-3-10)8-13-9-11-4-1-5-12-9/h1,4-5,14H,2-3,6-8H2,(H,11,12,13). The second-order valence-electron chi connectivity index (χ2n) is 3.76. The number of hydrogen-bond donors (Lipinski definition) is 2. The summed E-state index contributed by atoms with van der Waals surface area (Å²) in [5, 5.41) is 13.2. The molecule has 1 fully saturated rings. The Bertz CT molecular complexity index is 299. The summed E-state index contributed by atoms with van der Waals surface area (Å²) in [6, 6.07) is 1.76. The second kappa shape index (κ2) is 4.55. The zero-order valence-electron chi connectivity index (χ0n) is 8.52. The summed E-state index contributed by atoms with van der Waals surface area (Å²) in [4.78, 5) is 8.06. The van der Waals surface area contributed by atoms with Crippen molar-refractivity contribution in [3.63, 3.8) is 0 Å². The molecule has 0 radical (unpaired) electrons. The fraction of sp³-hybridized carbons (Fsp3) is 0.600. The van der Waals surface area contributed by atoms with Gasteiger partial charge in [0.1, 0.15) is 0 Å². The van der Waals surface area contributed by atoms with E-state index in [1.165, 1.54) is 0 Å². The van der Waals surface area contributed by atoms with E-state index in [2.05, 4.69) is 15.3 Å². The van der Waals surface area contributed by atoms with Crippen molar-refractivity contribution in [1.82, 2.24) is 9.97 Å². The number of hydrogen-bond acceptors (Lipinski definition) is 5. The molecule has 0 unspecified atom stereocenters. The molecule has 1 aromatic rings. The third kappa shape index (κ3) is 2.87. The van der Waals surface area contributed by atoms with E-state index < -0.39 is 5.60 Å². The predicted octanol–water partition coefficient (Wildman–Crippen LogP) is 0.430. The topological polar surface area (TPSA) is 67.3 Å². The van der Waals surface area contributed by atoms with Gasteiger partial charge in [0.25, 0.3) is 0 Å². The highest BCUT2D eigenvalue weighted by Crippen LogP contribution is 2.20. The SMILES string of the molecule is OC1(CNc2ncccn2)CCOCC1. The van der Waals surface area contributed by atoms with E-state index in [0.29, 0.717) is 38.5 Å². The third-order valence-corrected chi connectivity index (χ3v) is 2.56. The molecule has 0 aromatic carbocycles. The van der Waals surface area contributed by atoms with Gasteiger partial charge in [-0.1, -0.05) is 0 Å². The van der Waals surface area contributed by atoms with Crippen molar-refractivity contribution in [2.75, 3.05) is 25.1 Å². The van der Waals surface area contributed by atoms with Gasteiger partial charge in [0.05, 0.1) is 5.60 Å². The minimum absolute atomic E-state index is 0.473. The molecule has 0 saturated carbocycles. The van der Waals surface area contributed by atoms with Gasteiger partial charge in [-0.25, -0.2) is 9.97 Å². The van der Waals surface area contributed by atoms with Crippen molar-refractivity contribution in [2.24, 2.45) is 0 Å². The molecule has 1 aliphatic heterocycles. The second-order valence-corrected chi connectivity index (χ2v) is 3.76. The minimum atomic E-state index is -0.683. The van der Waals surface area contributed by atoms with Crippen LogP contribution in [0.4, 0.5) is 5.95 Å². The molecule has 82 valence electrons. The lowest BCUT2D eigenvalue weighted by Gasteiger charge is -2.31. The molecule has 1 saturated heterocycles. The summed E-state index contributed by atoms with van der Waals surface area (Å²) in [5.41, 5.74) is -0.683. The number of nitrogens with zero attached hydrogens (tertiary/aromatic N) is 2. The van der Waals surface area contributed by atoms with Gasteiger partial charge in [-0.2, -0.15) is 0 Å². The maximum atomic E-state index is 10.1. The zero-order valence-corrected chi connectivity index (χ0v) is 8.52. The van der Waals surface area contributed by atoms with Crippen molar-refractivity contribution >= 4 is 5.95 Å². The highest BCUT2D eigenvalue weighted by Gasteiger charge is 2.29. The van der Waals surface area contributed by atoms with E-state index in [4.69, 9.17) is 4.74 Å². The van der Waals surface area contributed by atoms with Crippen molar-refractivity contribution in [2.45, 2.75) is 18.4 Å². The maximum Gasteiger partial charge on any atom is 0.222 e. The van der Waals surface area contributed by atoms with Gasteiger partial charge in [-0.3, -0.25) is 0 Å². The highest BCUT2D eigenvalue weighted by molar-refractivity contribution is 5.23. The van der Waals surface area contributed by atoms with Crippen LogP contribution in [0, 0.1) is 0 Å². The van der Waals surface area contributed by atoms with E-state index in [-0.39, 0.29) is 0 Å². The van der Waals surface area contributed by atoms with Gasteiger partial charge in [0.2, 0.25) is 5.95 Å². The quantitative estimate of drug-likeness (QED) is 0.755. The first-order valence-electron chi connectivity index (χ1n) is 5.10. The Morgan fingerprint density at radius 1 is 1.33 bits per heavy atom. The molecule has 5 nitrogen and oxygen atoms in total. The minimum Gasteiger partial charge on any atom is -0.388 e. The smallest absolute Gasteiger partial charge is 0.222 e. The third-order valence-electron chi connectivity index (χ3n) is 2.56. The predicted molar refractivity (Wildman–Crippen MR) is 55.5 cm³/mol. The maximum absolute atomic E-state index is 10.1. The number of ether oxygens (including phenoxy) is 1. The van der Waals surface area contributed by atoms with Crippen LogP contribution in [0.25, 0.3) is 0 Å². The molecule has 1 aliphatic rings. The lowest BCUT2D eigenvalue weighted by atomic mass is 9.94. The molecule has 0 bridgehead atoms. The molecule has 0 aliphatic carbocycles. The first kappa shape index (κ1) is 10.3. The van der Waals surface area contributed by atoms with Crippen molar-refractivity contribution in [3.05, 3.63) is 18.5 Å². The zero-order chi connectivity index (χ0) is 10.6. The fourth-order valence-electron chi connectivity index (χ4n) is 1.56. The van der Waals surface area contributed by atoms with E-state index in [1.54, 1.807) is 18.5 Å². The molecule has 2 rings (SSSR count). The number of anilines is 1. The molecule has 5 heteroatoms. The molecule has 0 amide bonds. The van der Waals surface area contributed by atoms with Crippen LogP contribution in [-0.4, -0.2) is 40.4 Å². The van der Waals surface area contributed by atoms with Gasteiger partial charge < -0.3 is 15.2 Å². The van der Waals surface area contributed by atoms with E-state index in [1.807, 2.05) is 0 Å².